The van der Waals surface area contributed by atoms with Gasteiger partial charge in [-0.05, 0) is 23.3 Å². The topological polar surface area (TPSA) is 18.5 Å². The van der Waals surface area contributed by atoms with Crippen LogP contribution in [0, 0.1) is 0 Å². The molecule has 0 saturated carbocycles. The molecule has 2 aromatic carbocycles. The van der Waals surface area contributed by atoms with E-state index in [4.69, 9.17) is 9.05 Å². The summed E-state index contributed by atoms with van der Waals surface area (Å²) in [6.45, 7) is 0. The lowest BCUT2D eigenvalue weighted by Crippen LogP contribution is -2.02. The van der Waals surface area contributed by atoms with Gasteiger partial charge < -0.3 is 9.05 Å². The van der Waals surface area contributed by atoms with Crippen molar-refractivity contribution in [2.45, 2.75) is 0 Å². The van der Waals surface area contributed by atoms with Crippen molar-refractivity contribution in [2.75, 3.05) is 14.2 Å². The van der Waals surface area contributed by atoms with E-state index in [1.807, 2.05) is 18.2 Å². The van der Waals surface area contributed by atoms with Gasteiger partial charge in [-0.1, -0.05) is 42.5 Å². The first-order valence-corrected chi connectivity index (χ1v) is 6.56. The van der Waals surface area contributed by atoms with Crippen LogP contribution in [0.15, 0.2) is 54.6 Å². The summed E-state index contributed by atoms with van der Waals surface area (Å²) in [5.74, 6) is 0. The van der Waals surface area contributed by atoms with Crippen molar-refractivity contribution in [1.29, 1.82) is 0 Å². The zero-order chi connectivity index (χ0) is 12.1. The van der Waals surface area contributed by atoms with Crippen molar-refractivity contribution in [3.05, 3.63) is 54.6 Å². The van der Waals surface area contributed by atoms with Crippen molar-refractivity contribution in [2.24, 2.45) is 0 Å². The second-order valence-corrected chi connectivity index (χ2v) is 5.30. The molecule has 2 aromatic rings. The van der Waals surface area contributed by atoms with Gasteiger partial charge >= 0.3 is 0 Å². The zero-order valence-corrected chi connectivity index (χ0v) is 10.9. The maximum absolute atomic E-state index is 5.27. The van der Waals surface area contributed by atoms with Crippen molar-refractivity contribution in [3.8, 4) is 11.1 Å². The Bertz CT molecular complexity index is 449. The predicted molar refractivity (Wildman–Crippen MR) is 72.5 cm³/mol. The van der Waals surface area contributed by atoms with Crippen LogP contribution in [0.3, 0.4) is 0 Å². The van der Waals surface area contributed by atoms with Gasteiger partial charge in [-0.2, -0.15) is 0 Å². The first-order valence-electron chi connectivity index (χ1n) is 5.39. The molecule has 88 valence electrons. The highest BCUT2D eigenvalue weighted by atomic mass is 31.2. The summed E-state index contributed by atoms with van der Waals surface area (Å²) >= 11 is 0. The molecule has 0 heterocycles. The summed E-state index contributed by atoms with van der Waals surface area (Å²) in [5, 5.41) is 1.09. The Labute approximate surface area is 103 Å². The largest absolute Gasteiger partial charge is 0.334 e. The van der Waals surface area contributed by atoms with E-state index in [1.165, 1.54) is 11.1 Å². The van der Waals surface area contributed by atoms with Crippen molar-refractivity contribution < 1.29 is 9.05 Å². The van der Waals surface area contributed by atoms with Gasteiger partial charge in [0.2, 0.25) is 8.38 Å². The van der Waals surface area contributed by atoms with Gasteiger partial charge in [-0.25, -0.2) is 0 Å². The van der Waals surface area contributed by atoms with E-state index in [0.717, 1.165) is 5.30 Å². The summed E-state index contributed by atoms with van der Waals surface area (Å²) in [5.41, 5.74) is 2.43. The quantitative estimate of drug-likeness (QED) is 0.767. The van der Waals surface area contributed by atoms with E-state index < -0.39 is 8.38 Å². The van der Waals surface area contributed by atoms with E-state index in [1.54, 1.807) is 14.2 Å². The molecular weight excluding hydrogens is 231 g/mol. The van der Waals surface area contributed by atoms with Gasteiger partial charge in [-0.15, -0.1) is 0 Å². The number of benzene rings is 2. The molecule has 0 atom stereocenters. The Hall–Kier alpha value is -1.21. The molecule has 0 aliphatic carbocycles. The van der Waals surface area contributed by atoms with Gasteiger partial charge in [-0.3, -0.25) is 0 Å². The second kappa shape index (κ2) is 5.92. The Morgan fingerprint density at radius 3 is 1.76 bits per heavy atom. The normalized spacial score (nSPS) is 10.8. The number of hydrogen-bond donors (Lipinski definition) is 0. The van der Waals surface area contributed by atoms with E-state index in [9.17, 15) is 0 Å². The fourth-order valence-corrected chi connectivity index (χ4v) is 2.65. The smallest absolute Gasteiger partial charge is 0.204 e. The Morgan fingerprint density at radius 1 is 0.706 bits per heavy atom. The Kier molecular flexibility index (Phi) is 4.27. The molecule has 0 radical (unpaired) electrons. The maximum atomic E-state index is 5.27. The third kappa shape index (κ3) is 2.92. The van der Waals surface area contributed by atoms with Crippen molar-refractivity contribution in [3.63, 3.8) is 0 Å². The molecule has 2 rings (SSSR count). The average Bonchev–Trinajstić information content (AvgIpc) is 2.42. The van der Waals surface area contributed by atoms with E-state index in [-0.39, 0.29) is 0 Å². The average molecular weight is 246 g/mol. The van der Waals surface area contributed by atoms with Crippen LogP contribution in [-0.2, 0) is 9.05 Å². The molecule has 2 nitrogen and oxygen atoms in total. The summed E-state index contributed by atoms with van der Waals surface area (Å²) < 4.78 is 10.5. The third-order valence-corrected chi connectivity index (χ3v) is 3.90. The zero-order valence-electron chi connectivity index (χ0n) is 9.96. The molecule has 0 N–H and O–H groups in total. The lowest BCUT2D eigenvalue weighted by Gasteiger charge is -2.12. The van der Waals surface area contributed by atoms with Crippen LogP contribution in [0.5, 0.6) is 0 Å². The van der Waals surface area contributed by atoms with Crippen LogP contribution >= 0.6 is 8.38 Å². The fourth-order valence-electron chi connectivity index (χ4n) is 1.69. The lowest BCUT2D eigenvalue weighted by molar-refractivity contribution is 0.350. The standard InChI is InChI=1S/C14H15O2P/c1-15-17(16-2)14-10-8-13(9-11-14)12-6-4-3-5-7-12/h3-11H,1-2H3. The highest BCUT2D eigenvalue weighted by Gasteiger charge is 2.09. The molecule has 0 aromatic heterocycles. The molecule has 0 saturated heterocycles. The summed E-state index contributed by atoms with van der Waals surface area (Å²) in [4.78, 5) is 0. The van der Waals surface area contributed by atoms with Crippen LogP contribution in [0.1, 0.15) is 0 Å². The minimum atomic E-state index is -0.933. The molecule has 0 bridgehead atoms. The molecule has 0 unspecified atom stereocenters. The minimum absolute atomic E-state index is 0.933. The van der Waals surface area contributed by atoms with Gasteiger partial charge in [0.05, 0.1) is 0 Å². The highest BCUT2D eigenvalue weighted by Crippen LogP contribution is 2.35. The summed E-state index contributed by atoms with van der Waals surface area (Å²) in [6.07, 6.45) is 0. The van der Waals surface area contributed by atoms with E-state index in [0.29, 0.717) is 0 Å². The molecule has 0 aliphatic heterocycles. The highest BCUT2D eigenvalue weighted by molar-refractivity contribution is 7.55. The second-order valence-electron chi connectivity index (χ2n) is 3.54. The number of rotatable bonds is 4. The van der Waals surface area contributed by atoms with Crippen LogP contribution in [0.2, 0.25) is 0 Å². The van der Waals surface area contributed by atoms with Crippen LogP contribution < -0.4 is 5.30 Å². The number of hydrogen-bond acceptors (Lipinski definition) is 2. The maximum Gasteiger partial charge on any atom is 0.204 e. The summed E-state index contributed by atoms with van der Waals surface area (Å²) in [6, 6.07) is 18.6. The van der Waals surface area contributed by atoms with Crippen LogP contribution in [0.4, 0.5) is 0 Å². The monoisotopic (exact) mass is 246 g/mol. The van der Waals surface area contributed by atoms with Crippen LogP contribution in [0.25, 0.3) is 11.1 Å². The summed E-state index contributed by atoms with van der Waals surface area (Å²) in [7, 11) is 2.40. The minimum Gasteiger partial charge on any atom is -0.334 e. The van der Waals surface area contributed by atoms with Gasteiger partial charge in [0.25, 0.3) is 0 Å². The molecule has 0 amide bonds. The van der Waals surface area contributed by atoms with Gasteiger partial charge in [0.15, 0.2) is 0 Å². The molecule has 0 fully saturated rings. The first-order chi connectivity index (χ1) is 8.35. The van der Waals surface area contributed by atoms with Crippen LogP contribution in [-0.4, -0.2) is 14.2 Å². The van der Waals surface area contributed by atoms with Crippen molar-refractivity contribution >= 4 is 13.7 Å². The molecule has 0 spiro atoms. The van der Waals surface area contributed by atoms with E-state index >= 15 is 0 Å². The first kappa shape index (κ1) is 12.3. The van der Waals surface area contributed by atoms with Gasteiger partial charge in [0, 0.05) is 19.5 Å². The lowest BCUT2D eigenvalue weighted by atomic mass is 10.1. The fraction of sp³-hybridized carbons (Fsp3) is 0.143. The third-order valence-electron chi connectivity index (χ3n) is 2.52. The predicted octanol–water partition coefficient (Wildman–Crippen LogP) is 3.58. The SMILES string of the molecule is COP(OC)c1ccc(-c2ccccc2)cc1. The van der Waals surface area contributed by atoms with E-state index in [2.05, 4.69) is 36.4 Å². The molecule has 3 heteroatoms. The van der Waals surface area contributed by atoms with Crippen molar-refractivity contribution in [1.82, 2.24) is 0 Å². The molecule has 0 aliphatic rings. The Balaban J connectivity index is 2.24. The Morgan fingerprint density at radius 2 is 1.24 bits per heavy atom. The van der Waals surface area contributed by atoms with Gasteiger partial charge in [0.1, 0.15) is 0 Å². The molecular formula is C14H15O2P. The molecule has 17 heavy (non-hydrogen) atoms.